The summed E-state index contributed by atoms with van der Waals surface area (Å²) in [5, 5.41) is 8.81. The van der Waals surface area contributed by atoms with Crippen LogP contribution in [0.15, 0.2) is 18.2 Å². The lowest BCUT2D eigenvalue weighted by molar-refractivity contribution is -0.137. The summed E-state index contributed by atoms with van der Waals surface area (Å²) in [6.45, 7) is 2.55. The van der Waals surface area contributed by atoms with Crippen LogP contribution in [0.1, 0.15) is 48.3 Å². The maximum Gasteiger partial charge on any atom is 0.303 e. The fourth-order valence-electron chi connectivity index (χ4n) is 2.67. The highest BCUT2D eigenvalue weighted by molar-refractivity contribution is 5.92. The van der Waals surface area contributed by atoms with Crippen molar-refractivity contribution in [3.63, 3.8) is 0 Å². The molecule has 0 radical (unpaired) electrons. The van der Waals surface area contributed by atoms with Gasteiger partial charge in [-0.25, -0.2) is 4.98 Å². The summed E-state index contributed by atoms with van der Waals surface area (Å²) in [5.74, 6) is -0.888. The second kappa shape index (κ2) is 6.50. The number of hydrogen-bond acceptors (Lipinski definition) is 3. The molecule has 0 spiro atoms. The highest BCUT2D eigenvalue weighted by Gasteiger charge is 2.28. The summed E-state index contributed by atoms with van der Waals surface area (Å²) in [6.07, 6.45) is 3.53. The lowest BCUT2D eigenvalue weighted by Gasteiger charge is -2.35. The molecule has 1 atom stereocenters. The summed E-state index contributed by atoms with van der Waals surface area (Å²) in [7, 11) is 0. The van der Waals surface area contributed by atoms with Crippen molar-refractivity contribution in [2.45, 2.75) is 45.1 Å². The third kappa shape index (κ3) is 3.56. The molecule has 108 valence electrons. The van der Waals surface area contributed by atoms with E-state index in [0.29, 0.717) is 18.7 Å². The van der Waals surface area contributed by atoms with E-state index in [-0.39, 0.29) is 18.4 Å². The van der Waals surface area contributed by atoms with Crippen molar-refractivity contribution in [3.8, 4) is 0 Å². The normalized spacial score (nSPS) is 18.9. The SMILES string of the molecule is Cc1cccc(C(=O)N2CCCC[C@H]2CCC(=O)O)n1. The number of amides is 1. The Morgan fingerprint density at radius 1 is 1.40 bits per heavy atom. The highest BCUT2D eigenvalue weighted by Crippen LogP contribution is 2.22. The number of aromatic nitrogens is 1. The monoisotopic (exact) mass is 276 g/mol. The van der Waals surface area contributed by atoms with Crippen LogP contribution in [-0.4, -0.2) is 39.5 Å². The van der Waals surface area contributed by atoms with Gasteiger partial charge in [0.15, 0.2) is 0 Å². The van der Waals surface area contributed by atoms with Crippen molar-refractivity contribution >= 4 is 11.9 Å². The molecule has 1 aromatic heterocycles. The highest BCUT2D eigenvalue weighted by atomic mass is 16.4. The summed E-state index contributed by atoms with van der Waals surface area (Å²) in [4.78, 5) is 29.3. The number of rotatable bonds is 4. The van der Waals surface area contributed by atoms with Crippen LogP contribution in [0.5, 0.6) is 0 Å². The number of carbonyl (C=O) groups excluding carboxylic acids is 1. The van der Waals surface area contributed by atoms with Crippen LogP contribution in [0.2, 0.25) is 0 Å². The fourth-order valence-corrected chi connectivity index (χ4v) is 2.67. The number of aliphatic carboxylic acids is 1. The van der Waals surface area contributed by atoms with Crippen LogP contribution < -0.4 is 0 Å². The fraction of sp³-hybridized carbons (Fsp3) is 0.533. The van der Waals surface area contributed by atoms with Crippen molar-refractivity contribution in [3.05, 3.63) is 29.6 Å². The van der Waals surface area contributed by atoms with E-state index in [1.54, 1.807) is 11.0 Å². The molecule has 1 N–H and O–H groups in total. The molecule has 1 aliphatic rings. The van der Waals surface area contributed by atoms with Gasteiger partial charge in [0.25, 0.3) is 5.91 Å². The van der Waals surface area contributed by atoms with Gasteiger partial charge >= 0.3 is 5.97 Å². The van der Waals surface area contributed by atoms with Gasteiger partial charge in [0.1, 0.15) is 5.69 Å². The molecular formula is C15H20N2O3. The van der Waals surface area contributed by atoms with Crippen LogP contribution in [0.4, 0.5) is 0 Å². The molecule has 1 aliphatic heterocycles. The van der Waals surface area contributed by atoms with E-state index < -0.39 is 5.97 Å². The van der Waals surface area contributed by atoms with E-state index in [2.05, 4.69) is 4.98 Å². The third-order valence-corrected chi connectivity index (χ3v) is 3.69. The van der Waals surface area contributed by atoms with Gasteiger partial charge in [0, 0.05) is 24.7 Å². The van der Waals surface area contributed by atoms with Crippen molar-refractivity contribution < 1.29 is 14.7 Å². The summed E-state index contributed by atoms with van der Waals surface area (Å²) in [5.41, 5.74) is 1.27. The molecular weight excluding hydrogens is 256 g/mol. The number of carboxylic acid groups (broad SMARTS) is 1. The number of aryl methyl sites for hydroxylation is 1. The van der Waals surface area contributed by atoms with E-state index in [0.717, 1.165) is 25.0 Å². The summed E-state index contributed by atoms with van der Waals surface area (Å²) < 4.78 is 0. The predicted molar refractivity (Wildman–Crippen MR) is 74.5 cm³/mol. The lowest BCUT2D eigenvalue weighted by Crippen LogP contribution is -2.44. The first-order chi connectivity index (χ1) is 9.58. The second-order valence-corrected chi connectivity index (χ2v) is 5.24. The molecule has 1 amide bonds. The lowest BCUT2D eigenvalue weighted by atomic mass is 9.97. The van der Waals surface area contributed by atoms with Crippen LogP contribution in [-0.2, 0) is 4.79 Å². The van der Waals surface area contributed by atoms with Crippen LogP contribution in [0.3, 0.4) is 0 Å². The number of carboxylic acids is 1. The maximum absolute atomic E-state index is 12.5. The Morgan fingerprint density at radius 3 is 2.90 bits per heavy atom. The molecule has 5 heteroatoms. The minimum absolute atomic E-state index is 0.0228. The van der Waals surface area contributed by atoms with E-state index >= 15 is 0 Å². The van der Waals surface area contributed by atoms with E-state index in [1.807, 2.05) is 19.1 Å². The first kappa shape index (κ1) is 14.5. The zero-order chi connectivity index (χ0) is 14.5. The van der Waals surface area contributed by atoms with Gasteiger partial charge in [0.05, 0.1) is 0 Å². The molecule has 0 unspecified atom stereocenters. The van der Waals surface area contributed by atoms with Crippen LogP contribution >= 0.6 is 0 Å². The van der Waals surface area contributed by atoms with E-state index in [4.69, 9.17) is 5.11 Å². The minimum atomic E-state index is -0.809. The van der Waals surface area contributed by atoms with Crippen molar-refractivity contribution in [2.75, 3.05) is 6.54 Å². The average molecular weight is 276 g/mol. The zero-order valence-corrected chi connectivity index (χ0v) is 11.7. The summed E-state index contributed by atoms with van der Waals surface area (Å²) >= 11 is 0. The van der Waals surface area contributed by atoms with Crippen molar-refractivity contribution in [1.82, 2.24) is 9.88 Å². The Bertz CT molecular complexity index is 502. The van der Waals surface area contributed by atoms with Gasteiger partial charge in [0.2, 0.25) is 0 Å². The largest absolute Gasteiger partial charge is 0.481 e. The van der Waals surface area contributed by atoms with Gasteiger partial charge in [-0.1, -0.05) is 6.07 Å². The Kier molecular flexibility index (Phi) is 4.71. The Balaban J connectivity index is 2.10. The van der Waals surface area contributed by atoms with Crippen molar-refractivity contribution in [2.24, 2.45) is 0 Å². The molecule has 0 saturated carbocycles. The molecule has 5 nitrogen and oxygen atoms in total. The number of likely N-dealkylation sites (tertiary alicyclic amines) is 1. The number of carbonyl (C=O) groups is 2. The van der Waals surface area contributed by atoms with Gasteiger partial charge in [-0.2, -0.15) is 0 Å². The number of hydrogen-bond donors (Lipinski definition) is 1. The second-order valence-electron chi connectivity index (χ2n) is 5.24. The third-order valence-electron chi connectivity index (χ3n) is 3.69. The maximum atomic E-state index is 12.5. The molecule has 2 heterocycles. The number of pyridine rings is 1. The molecule has 0 aromatic carbocycles. The Morgan fingerprint density at radius 2 is 2.20 bits per heavy atom. The Labute approximate surface area is 118 Å². The predicted octanol–water partition coefficient (Wildman–Crippen LogP) is 2.25. The number of nitrogens with zero attached hydrogens (tertiary/aromatic N) is 2. The van der Waals surface area contributed by atoms with E-state index in [1.165, 1.54) is 0 Å². The molecule has 1 fully saturated rings. The summed E-state index contributed by atoms with van der Waals surface area (Å²) in [6, 6.07) is 5.42. The van der Waals surface area contributed by atoms with Gasteiger partial charge < -0.3 is 10.0 Å². The molecule has 20 heavy (non-hydrogen) atoms. The smallest absolute Gasteiger partial charge is 0.303 e. The van der Waals surface area contributed by atoms with Gasteiger partial charge in [-0.15, -0.1) is 0 Å². The molecule has 1 aromatic rings. The van der Waals surface area contributed by atoms with Crippen molar-refractivity contribution in [1.29, 1.82) is 0 Å². The number of piperidine rings is 1. The molecule has 0 aliphatic carbocycles. The van der Waals surface area contributed by atoms with Crippen LogP contribution in [0, 0.1) is 6.92 Å². The van der Waals surface area contributed by atoms with Gasteiger partial charge in [-0.3, -0.25) is 9.59 Å². The average Bonchev–Trinajstić information content (AvgIpc) is 2.44. The Hall–Kier alpha value is -1.91. The quantitative estimate of drug-likeness (QED) is 0.915. The standard InChI is InChI=1S/C15H20N2O3/c1-11-5-4-7-13(16-11)15(20)17-10-3-2-6-12(17)8-9-14(18)19/h4-5,7,12H,2-3,6,8-10H2,1H3,(H,18,19)/t12-/m0/s1. The molecule has 2 rings (SSSR count). The topological polar surface area (TPSA) is 70.5 Å². The molecule has 1 saturated heterocycles. The van der Waals surface area contributed by atoms with Crippen LogP contribution in [0.25, 0.3) is 0 Å². The minimum Gasteiger partial charge on any atom is -0.481 e. The first-order valence-electron chi connectivity index (χ1n) is 7.04. The van der Waals surface area contributed by atoms with E-state index in [9.17, 15) is 9.59 Å². The first-order valence-corrected chi connectivity index (χ1v) is 7.04. The zero-order valence-electron chi connectivity index (χ0n) is 11.7. The molecule has 0 bridgehead atoms. The van der Waals surface area contributed by atoms with Gasteiger partial charge in [-0.05, 0) is 44.7 Å².